The van der Waals surface area contributed by atoms with Crippen molar-refractivity contribution in [3.8, 4) is 0 Å². The van der Waals surface area contributed by atoms with Gasteiger partial charge >= 0.3 is 6.03 Å². The second kappa shape index (κ2) is 4.33. The standard InChI is InChI=1S/C17H24N2O3/c1-9(2)16-4-10-3-11(5-16)7-17(6-10,8-16)12-13(20)18-15(22)19-14(12)21/h9-12H,3-8H2,1-2H3,(H2,18,19,20,21,22). The van der Waals surface area contributed by atoms with E-state index in [0.29, 0.717) is 17.8 Å². The molecule has 5 rings (SSSR count). The maximum atomic E-state index is 12.4. The van der Waals surface area contributed by atoms with Crippen LogP contribution in [0.1, 0.15) is 52.4 Å². The van der Waals surface area contributed by atoms with Crippen molar-refractivity contribution in [2.45, 2.75) is 52.4 Å². The molecular formula is C17H24N2O3. The lowest BCUT2D eigenvalue weighted by atomic mass is 9.39. The number of urea groups is 1. The van der Waals surface area contributed by atoms with Gasteiger partial charge in [-0.15, -0.1) is 0 Å². The molecule has 120 valence electrons. The van der Waals surface area contributed by atoms with Crippen LogP contribution in [0.2, 0.25) is 0 Å². The fourth-order valence-electron chi connectivity index (χ4n) is 6.49. The van der Waals surface area contributed by atoms with E-state index in [1.807, 2.05) is 0 Å². The van der Waals surface area contributed by atoms with Crippen LogP contribution in [0.3, 0.4) is 0 Å². The third kappa shape index (κ3) is 1.80. The molecule has 0 spiro atoms. The summed E-state index contributed by atoms with van der Waals surface area (Å²) < 4.78 is 0. The smallest absolute Gasteiger partial charge is 0.277 e. The number of hydrogen-bond donors (Lipinski definition) is 2. The molecule has 2 atom stereocenters. The third-order valence-electron chi connectivity index (χ3n) is 6.99. The van der Waals surface area contributed by atoms with Crippen molar-refractivity contribution >= 4 is 17.8 Å². The summed E-state index contributed by atoms with van der Waals surface area (Å²) in [6, 6.07) is -0.672. The van der Waals surface area contributed by atoms with Crippen molar-refractivity contribution < 1.29 is 14.4 Å². The molecule has 0 radical (unpaired) electrons. The summed E-state index contributed by atoms with van der Waals surface area (Å²) in [5.74, 6) is 0.413. The van der Waals surface area contributed by atoms with E-state index in [4.69, 9.17) is 0 Å². The minimum atomic E-state index is -0.686. The minimum Gasteiger partial charge on any atom is -0.277 e. The fraction of sp³-hybridized carbons (Fsp3) is 0.824. The zero-order chi connectivity index (χ0) is 15.7. The Kier molecular flexibility index (Phi) is 2.80. The Morgan fingerprint density at radius 2 is 1.50 bits per heavy atom. The highest BCUT2D eigenvalue weighted by Gasteiger charge is 2.63. The van der Waals surface area contributed by atoms with Crippen LogP contribution < -0.4 is 10.6 Å². The van der Waals surface area contributed by atoms with Gasteiger partial charge in [0.25, 0.3) is 0 Å². The lowest BCUT2D eigenvalue weighted by Crippen LogP contribution is -2.65. The van der Waals surface area contributed by atoms with Gasteiger partial charge in [-0.25, -0.2) is 4.79 Å². The Balaban J connectivity index is 1.73. The summed E-state index contributed by atoms with van der Waals surface area (Å²) in [7, 11) is 0. The first-order chi connectivity index (χ1) is 10.3. The minimum absolute atomic E-state index is 0.233. The molecule has 5 aliphatic rings. The van der Waals surface area contributed by atoms with Gasteiger partial charge in [0, 0.05) is 0 Å². The van der Waals surface area contributed by atoms with Crippen molar-refractivity contribution in [1.82, 2.24) is 10.6 Å². The van der Waals surface area contributed by atoms with E-state index in [2.05, 4.69) is 24.5 Å². The molecule has 2 unspecified atom stereocenters. The lowest BCUT2D eigenvalue weighted by molar-refractivity contribution is -0.172. The van der Waals surface area contributed by atoms with E-state index in [-0.39, 0.29) is 22.6 Å². The molecule has 1 heterocycles. The van der Waals surface area contributed by atoms with Crippen LogP contribution in [0.15, 0.2) is 0 Å². The van der Waals surface area contributed by atoms with Gasteiger partial charge in [0.15, 0.2) is 0 Å². The molecule has 4 aliphatic carbocycles. The van der Waals surface area contributed by atoms with Gasteiger partial charge in [-0.1, -0.05) is 13.8 Å². The second-order valence-electron chi connectivity index (χ2n) is 8.58. The van der Waals surface area contributed by atoms with E-state index in [0.717, 1.165) is 19.3 Å². The Bertz CT molecular complexity index is 534. The van der Waals surface area contributed by atoms with Crippen molar-refractivity contribution in [1.29, 1.82) is 0 Å². The van der Waals surface area contributed by atoms with Crippen molar-refractivity contribution in [3.63, 3.8) is 0 Å². The van der Waals surface area contributed by atoms with Crippen LogP contribution in [0.25, 0.3) is 0 Å². The van der Waals surface area contributed by atoms with Crippen LogP contribution >= 0.6 is 0 Å². The molecule has 1 saturated heterocycles. The highest BCUT2D eigenvalue weighted by Crippen LogP contribution is 2.69. The molecule has 0 aromatic rings. The Morgan fingerprint density at radius 3 is 2.00 bits per heavy atom. The quantitative estimate of drug-likeness (QED) is 0.768. The molecular weight excluding hydrogens is 280 g/mol. The van der Waals surface area contributed by atoms with Crippen LogP contribution in [-0.2, 0) is 9.59 Å². The summed E-state index contributed by atoms with van der Waals surface area (Å²) in [6.07, 6.45) is 6.65. The van der Waals surface area contributed by atoms with E-state index in [1.54, 1.807) is 0 Å². The van der Waals surface area contributed by atoms with Gasteiger partial charge in [-0.2, -0.15) is 0 Å². The third-order valence-corrected chi connectivity index (χ3v) is 6.99. The van der Waals surface area contributed by atoms with Crippen molar-refractivity contribution in [3.05, 3.63) is 0 Å². The molecule has 5 fully saturated rings. The van der Waals surface area contributed by atoms with Gasteiger partial charge in [0.05, 0.1) is 0 Å². The summed E-state index contributed by atoms with van der Waals surface area (Å²) >= 11 is 0. The van der Waals surface area contributed by atoms with E-state index in [1.165, 1.54) is 19.3 Å². The largest absolute Gasteiger partial charge is 0.328 e. The summed E-state index contributed by atoms with van der Waals surface area (Å²) in [6.45, 7) is 4.57. The zero-order valence-electron chi connectivity index (χ0n) is 13.3. The van der Waals surface area contributed by atoms with Crippen molar-refractivity contribution in [2.24, 2.45) is 34.5 Å². The first-order valence-corrected chi connectivity index (χ1v) is 8.49. The molecule has 4 amide bonds. The number of carbonyl (C=O) groups excluding carboxylic acids is 3. The molecule has 0 aromatic carbocycles. The summed E-state index contributed by atoms with van der Waals surface area (Å²) in [4.78, 5) is 36.2. The molecule has 5 nitrogen and oxygen atoms in total. The normalized spacial score (nSPS) is 44.4. The number of barbiturate groups is 1. The maximum absolute atomic E-state index is 12.4. The molecule has 22 heavy (non-hydrogen) atoms. The van der Waals surface area contributed by atoms with Crippen LogP contribution in [0.4, 0.5) is 4.79 Å². The highest BCUT2D eigenvalue weighted by atomic mass is 16.2. The number of carbonyl (C=O) groups is 3. The average molecular weight is 304 g/mol. The average Bonchev–Trinajstić information content (AvgIpc) is 2.34. The predicted octanol–water partition coefficient (Wildman–Crippen LogP) is 2.21. The van der Waals surface area contributed by atoms with Crippen LogP contribution in [0, 0.1) is 34.5 Å². The van der Waals surface area contributed by atoms with E-state index in [9.17, 15) is 14.4 Å². The van der Waals surface area contributed by atoms with E-state index < -0.39 is 11.9 Å². The number of amides is 4. The van der Waals surface area contributed by atoms with Gasteiger partial charge < -0.3 is 0 Å². The number of hydrogen-bond acceptors (Lipinski definition) is 3. The molecule has 0 aromatic heterocycles. The highest BCUT2D eigenvalue weighted by molar-refractivity contribution is 6.16. The summed E-state index contributed by atoms with van der Waals surface area (Å²) in [5, 5.41) is 4.63. The van der Waals surface area contributed by atoms with Gasteiger partial charge in [-0.05, 0) is 67.1 Å². The maximum Gasteiger partial charge on any atom is 0.328 e. The first-order valence-electron chi connectivity index (χ1n) is 8.49. The monoisotopic (exact) mass is 304 g/mol. The SMILES string of the molecule is CC(C)C12CC3CC(C1)CC(C1C(=O)NC(=O)NC1=O)(C3)C2. The van der Waals surface area contributed by atoms with Crippen LogP contribution in [0.5, 0.6) is 0 Å². The van der Waals surface area contributed by atoms with Crippen LogP contribution in [-0.4, -0.2) is 17.8 Å². The molecule has 5 heteroatoms. The Hall–Kier alpha value is -1.39. The molecule has 4 saturated carbocycles. The lowest BCUT2D eigenvalue weighted by Gasteiger charge is -2.65. The number of rotatable bonds is 2. The first kappa shape index (κ1) is 14.2. The second-order valence-corrected chi connectivity index (χ2v) is 8.58. The zero-order valence-corrected chi connectivity index (χ0v) is 13.3. The summed E-state index contributed by atoms with van der Waals surface area (Å²) in [5.41, 5.74) is 0.0509. The Labute approximate surface area is 130 Å². The fourth-order valence-corrected chi connectivity index (χ4v) is 6.49. The predicted molar refractivity (Wildman–Crippen MR) is 79.6 cm³/mol. The Morgan fingerprint density at radius 1 is 0.955 bits per heavy atom. The van der Waals surface area contributed by atoms with Gasteiger partial charge in [-0.3, -0.25) is 20.2 Å². The van der Waals surface area contributed by atoms with Crippen molar-refractivity contribution in [2.75, 3.05) is 0 Å². The number of imide groups is 2. The van der Waals surface area contributed by atoms with E-state index >= 15 is 0 Å². The number of nitrogens with one attached hydrogen (secondary N) is 2. The molecule has 1 aliphatic heterocycles. The van der Waals surface area contributed by atoms with Gasteiger partial charge in [0.1, 0.15) is 5.92 Å². The molecule has 2 N–H and O–H groups in total. The topological polar surface area (TPSA) is 75.3 Å². The van der Waals surface area contributed by atoms with Gasteiger partial charge in [0.2, 0.25) is 11.8 Å². The molecule has 4 bridgehead atoms.